The summed E-state index contributed by atoms with van der Waals surface area (Å²) in [5.74, 6) is -0.178. The Morgan fingerprint density at radius 1 is 1.25 bits per heavy atom. The fraction of sp³-hybridized carbons (Fsp3) is 0.308. The van der Waals surface area contributed by atoms with Crippen molar-refractivity contribution in [3.8, 4) is 12.8 Å². The molecule has 1 heterocycles. The number of halogens is 1. The molecule has 0 aliphatic carbocycles. The minimum Gasteiger partial charge on any atom is -0.396 e. The quantitative estimate of drug-likeness (QED) is 0.616. The van der Waals surface area contributed by atoms with E-state index in [9.17, 15) is 4.39 Å². The maximum Gasteiger partial charge on any atom is 0.123 e. The second-order valence-electron chi connectivity index (χ2n) is 3.06. The van der Waals surface area contributed by atoms with Gasteiger partial charge in [-0.3, -0.25) is 0 Å². The van der Waals surface area contributed by atoms with Crippen LogP contribution < -0.4 is 0 Å². The summed E-state index contributed by atoms with van der Waals surface area (Å²) in [7, 11) is 0. The summed E-state index contributed by atoms with van der Waals surface area (Å²) in [6, 6.07) is 7.94. The zero-order valence-corrected chi connectivity index (χ0v) is 9.40. The fourth-order valence-electron chi connectivity index (χ4n) is 1.01. The molecule has 0 saturated heterocycles. The van der Waals surface area contributed by atoms with Crippen LogP contribution in [-0.4, -0.2) is 12.3 Å². The number of rotatable bonds is 0. The molecule has 0 unspecified atom stereocenters. The van der Waals surface area contributed by atoms with Crippen LogP contribution in [0.15, 0.2) is 35.5 Å². The van der Waals surface area contributed by atoms with Crippen molar-refractivity contribution in [2.45, 2.75) is 19.8 Å². The van der Waals surface area contributed by atoms with E-state index in [1.165, 1.54) is 12.1 Å². The Morgan fingerprint density at radius 3 is 2.12 bits per heavy atom. The van der Waals surface area contributed by atoms with Crippen LogP contribution in [0.3, 0.4) is 0 Å². The van der Waals surface area contributed by atoms with Gasteiger partial charge in [0.15, 0.2) is 0 Å². The number of terminal acetylenes is 1. The highest BCUT2D eigenvalue weighted by atomic mass is 19.1. The summed E-state index contributed by atoms with van der Waals surface area (Å²) >= 11 is 0. The van der Waals surface area contributed by atoms with Crippen molar-refractivity contribution in [3.05, 3.63) is 36.1 Å². The van der Waals surface area contributed by atoms with Gasteiger partial charge in [-0.1, -0.05) is 23.4 Å². The maximum absolute atomic E-state index is 11.9. The van der Waals surface area contributed by atoms with Crippen molar-refractivity contribution in [1.29, 1.82) is 0 Å². The van der Waals surface area contributed by atoms with Crippen LogP contribution in [0, 0.1) is 18.7 Å². The van der Waals surface area contributed by atoms with Crippen LogP contribution in [0.2, 0.25) is 0 Å². The lowest BCUT2D eigenvalue weighted by molar-refractivity contribution is 0.131. The van der Waals surface area contributed by atoms with Gasteiger partial charge in [-0.05, 0) is 31.9 Å². The first-order valence-corrected chi connectivity index (χ1v) is 4.98. The molecule has 2 rings (SSSR count). The highest BCUT2D eigenvalue weighted by Crippen LogP contribution is 2.00. The van der Waals surface area contributed by atoms with Gasteiger partial charge in [-0.2, -0.15) is 0 Å². The van der Waals surface area contributed by atoms with Gasteiger partial charge in [-0.15, -0.1) is 12.8 Å². The topological polar surface area (TPSA) is 21.6 Å². The first-order valence-electron chi connectivity index (χ1n) is 4.98. The Morgan fingerprint density at radius 2 is 1.88 bits per heavy atom. The number of nitrogens with zero attached hydrogens (tertiary/aromatic N) is 1. The smallest absolute Gasteiger partial charge is 0.123 e. The molecule has 1 aromatic rings. The Balaban J connectivity index is 0.000000244. The van der Waals surface area contributed by atoms with E-state index >= 15 is 0 Å². The molecule has 0 atom stereocenters. The highest BCUT2D eigenvalue weighted by molar-refractivity contribution is 5.81. The second kappa shape index (κ2) is 9.72. The molecule has 0 aromatic heterocycles. The molecule has 0 saturated carbocycles. The third-order valence-electron chi connectivity index (χ3n) is 1.73. The monoisotopic (exact) mass is 221 g/mol. The van der Waals surface area contributed by atoms with Crippen molar-refractivity contribution in [2.24, 2.45) is 5.16 Å². The third kappa shape index (κ3) is 7.57. The van der Waals surface area contributed by atoms with Crippen LogP contribution in [0.4, 0.5) is 4.39 Å². The molecule has 1 aromatic carbocycles. The summed E-state index contributed by atoms with van der Waals surface area (Å²) in [6.45, 7) is 2.79. The van der Waals surface area contributed by atoms with Gasteiger partial charge in [0.2, 0.25) is 0 Å². The van der Waals surface area contributed by atoms with Crippen LogP contribution in [-0.2, 0) is 4.84 Å². The first kappa shape index (κ1) is 14.2. The largest absolute Gasteiger partial charge is 0.396 e. The van der Waals surface area contributed by atoms with E-state index in [0.717, 1.165) is 25.2 Å². The van der Waals surface area contributed by atoms with Crippen LogP contribution >= 0.6 is 0 Å². The molecule has 0 amide bonds. The highest BCUT2D eigenvalue weighted by Gasteiger charge is 1.97. The molecule has 1 aliphatic rings. The summed E-state index contributed by atoms with van der Waals surface area (Å²) < 4.78 is 11.9. The molecule has 16 heavy (non-hydrogen) atoms. The molecular formula is C13H16FNO. The van der Waals surface area contributed by atoms with E-state index in [-0.39, 0.29) is 5.82 Å². The van der Waals surface area contributed by atoms with Crippen molar-refractivity contribution in [1.82, 2.24) is 0 Å². The van der Waals surface area contributed by atoms with Gasteiger partial charge in [-0.25, -0.2) is 4.39 Å². The van der Waals surface area contributed by atoms with Crippen molar-refractivity contribution in [3.63, 3.8) is 0 Å². The molecule has 0 spiro atoms. The molecule has 1 aliphatic heterocycles. The second-order valence-corrected chi connectivity index (χ2v) is 3.06. The van der Waals surface area contributed by atoms with E-state index in [0.29, 0.717) is 0 Å². The van der Waals surface area contributed by atoms with Gasteiger partial charge in [0.05, 0.1) is 5.71 Å². The molecule has 0 bridgehead atoms. The first-order chi connectivity index (χ1) is 7.79. The lowest BCUT2D eigenvalue weighted by atomic mass is 10.2. The van der Waals surface area contributed by atoms with E-state index < -0.39 is 0 Å². The van der Waals surface area contributed by atoms with E-state index in [2.05, 4.69) is 18.0 Å². The van der Waals surface area contributed by atoms with Gasteiger partial charge in [0.1, 0.15) is 12.4 Å². The zero-order chi connectivity index (χ0) is 12.2. The third-order valence-corrected chi connectivity index (χ3v) is 1.73. The molecule has 0 fully saturated rings. The molecule has 0 N–H and O–H groups in total. The molecular weight excluding hydrogens is 205 g/mol. The number of benzene rings is 1. The van der Waals surface area contributed by atoms with Crippen molar-refractivity contribution >= 4 is 5.71 Å². The van der Waals surface area contributed by atoms with Gasteiger partial charge >= 0.3 is 0 Å². The van der Waals surface area contributed by atoms with E-state index in [4.69, 9.17) is 4.84 Å². The summed E-state index contributed by atoms with van der Waals surface area (Å²) in [5, 5.41) is 3.75. The number of hydrogen-bond donors (Lipinski definition) is 0. The van der Waals surface area contributed by atoms with Gasteiger partial charge in [0, 0.05) is 0 Å². The molecule has 3 heteroatoms. The summed E-state index contributed by atoms with van der Waals surface area (Å²) in [5.41, 5.74) is 1.12. The minimum absolute atomic E-state index is 0.178. The Bertz CT molecular complexity index is 319. The van der Waals surface area contributed by atoms with Crippen LogP contribution in [0.25, 0.3) is 0 Å². The normalized spacial score (nSPS) is 12.9. The predicted octanol–water partition coefficient (Wildman–Crippen LogP) is 3.25. The standard InChI is InChI=1S/C6H5F.C5H9NO.C2H2/c7-6-4-2-1-3-5-6;1-5-3-2-4-7-6-5;1-2/h1-5H;2-4H2,1H3;1-2H. The number of oxime groups is 1. The van der Waals surface area contributed by atoms with E-state index in [1.807, 2.05) is 6.92 Å². The Hall–Kier alpha value is -1.82. The summed E-state index contributed by atoms with van der Waals surface area (Å²) in [6.07, 6.45) is 10.2. The summed E-state index contributed by atoms with van der Waals surface area (Å²) in [4.78, 5) is 4.77. The molecule has 86 valence electrons. The van der Waals surface area contributed by atoms with Crippen LogP contribution in [0.1, 0.15) is 19.8 Å². The average molecular weight is 221 g/mol. The molecule has 2 nitrogen and oxygen atoms in total. The van der Waals surface area contributed by atoms with Crippen molar-refractivity contribution in [2.75, 3.05) is 6.61 Å². The number of hydrogen-bond acceptors (Lipinski definition) is 2. The van der Waals surface area contributed by atoms with Crippen molar-refractivity contribution < 1.29 is 9.23 Å². The van der Waals surface area contributed by atoms with Gasteiger partial charge < -0.3 is 4.84 Å². The minimum atomic E-state index is -0.178. The maximum atomic E-state index is 11.9. The average Bonchev–Trinajstić information content (AvgIpc) is 2.34. The van der Waals surface area contributed by atoms with Crippen LogP contribution in [0.5, 0.6) is 0 Å². The fourth-order valence-corrected chi connectivity index (χ4v) is 1.01. The van der Waals surface area contributed by atoms with Gasteiger partial charge in [0.25, 0.3) is 0 Å². The predicted molar refractivity (Wildman–Crippen MR) is 64.6 cm³/mol. The Labute approximate surface area is 96.1 Å². The lowest BCUT2D eigenvalue weighted by Crippen LogP contribution is -2.02. The van der Waals surface area contributed by atoms with E-state index in [1.54, 1.807) is 18.2 Å². The Kier molecular flexibility index (Phi) is 8.62. The molecule has 0 radical (unpaired) electrons. The zero-order valence-electron chi connectivity index (χ0n) is 9.40. The SMILES string of the molecule is C#C.CC1=NOCCC1.Fc1ccccc1. The lowest BCUT2D eigenvalue weighted by Gasteiger charge is -2.05.